The zero-order chi connectivity index (χ0) is 42.6. The van der Waals surface area contributed by atoms with Crippen molar-refractivity contribution in [2.75, 3.05) is 0 Å². The minimum absolute atomic E-state index is 0.855. The number of ether oxygens (including phenoxy) is 1. The van der Waals surface area contributed by atoms with Crippen LogP contribution < -0.4 is 25.5 Å². The third-order valence-electron chi connectivity index (χ3n) is 13.7. The van der Waals surface area contributed by atoms with E-state index in [1.54, 1.807) is 0 Å². The Morgan fingerprint density at radius 1 is 0.338 bits per heavy atom. The summed E-state index contributed by atoms with van der Waals surface area (Å²) in [7, 11) is -3.26. The van der Waals surface area contributed by atoms with Gasteiger partial charge in [-0.2, -0.15) is 0 Å². The second kappa shape index (κ2) is 13.8. The summed E-state index contributed by atoms with van der Waals surface area (Å²) >= 11 is 0. The minimum Gasteiger partial charge on any atom is -0.458 e. The fourth-order valence-electron chi connectivity index (χ4n) is 10.9. The highest BCUT2D eigenvalue weighted by molar-refractivity contribution is 7.21. The molecule has 4 nitrogen and oxygen atoms in total. The number of aromatic nitrogens is 1. The number of hydrogen-bond donors (Lipinski definition) is 0. The quantitative estimate of drug-likeness (QED) is 0.162. The second-order valence-electron chi connectivity index (χ2n) is 17.1. The third kappa shape index (κ3) is 5.18. The lowest BCUT2D eigenvalue weighted by molar-refractivity contribution is 0.487. The number of nitrogens with zero attached hydrogens (tertiary/aromatic N) is 1. The van der Waals surface area contributed by atoms with Crippen LogP contribution in [0.5, 0.6) is 11.5 Å². The van der Waals surface area contributed by atoms with Gasteiger partial charge in [0.15, 0.2) is 8.07 Å². The largest absolute Gasteiger partial charge is 0.458 e. The Labute approximate surface area is 374 Å². The molecule has 3 aromatic heterocycles. The number of rotatable bonds is 5. The van der Waals surface area contributed by atoms with Crippen molar-refractivity contribution in [3.8, 4) is 39.4 Å². The molecule has 0 aliphatic carbocycles. The Morgan fingerprint density at radius 3 is 1.68 bits per heavy atom. The molecule has 4 heterocycles. The van der Waals surface area contributed by atoms with Gasteiger partial charge < -0.3 is 18.1 Å². The molecule has 0 spiro atoms. The normalized spacial score (nSPS) is 14.6. The van der Waals surface area contributed by atoms with E-state index in [0.29, 0.717) is 0 Å². The first-order valence-corrected chi connectivity index (χ1v) is 24.2. The van der Waals surface area contributed by atoms with Gasteiger partial charge >= 0.3 is 0 Å². The molecular formula is C60H37NO3Si. The van der Waals surface area contributed by atoms with Crippen molar-refractivity contribution in [3.05, 3.63) is 224 Å². The van der Waals surface area contributed by atoms with E-state index < -0.39 is 8.07 Å². The third-order valence-corrected chi connectivity index (χ3v) is 18.6. The molecule has 10 aromatic carbocycles. The second-order valence-corrected chi connectivity index (χ2v) is 20.8. The fourth-order valence-corrected chi connectivity index (χ4v) is 16.0. The van der Waals surface area contributed by atoms with E-state index in [1.807, 2.05) is 12.1 Å². The van der Waals surface area contributed by atoms with Gasteiger partial charge in [0.05, 0.1) is 11.0 Å². The molecule has 1 atom stereocenters. The van der Waals surface area contributed by atoms with Crippen LogP contribution in [-0.2, 0) is 0 Å². The Balaban J connectivity index is 1.02. The van der Waals surface area contributed by atoms with Crippen LogP contribution >= 0.6 is 0 Å². The van der Waals surface area contributed by atoms with Crippen LogP contribution in [-0.4, -0.2) is 12.6 Å². The van der Waals surface area contributed by atoms with Gasteiger partial charge in [0, 0.05) is 43.6 Å². The summed E-state index contributed by atoms with van der Waals surface area (Å²) in [6.45, 7) is 0. The molecule has 0 radical (unpaired) electrons. The monoisotopic (exact) mass is 847 g/mol. The van der Waals surface area contributed by atoms with Gasteiger partial charge in [-0.3, -0.25) is 0 Å². The van der Waals surface area contributed by atoms with Crippen molar-refractivity contribution in [2.24, 2.45) is 0 Å². The van der Waals surface area contributed by atoms with Crippen molar-refractivity contribution in [1.82, 2.24) is 4.57 Å². The van der Waals surface area contributed by atoms with E-state index in [2.05, 4.69) is 217 Å². The lowest BCUT2D eigenvalue weighted by Crippen LogP contribution is -2.76. The maximum absolute atomic E-state index is 7.12. The highest BCUT2D eigenvalue weighted by atomic mass is 28.3. The van der Waals surface area contributed by atoms with E-state index in [0.717, 1.165) is 83.3 Å². The summed E-state index contributed by atoms with van der Waals surface area (Å²) in [4.78, 5) is 0. The van der Waals surface area contributed by atoms with E-state index in [9.17, 15) is 0 Å². The summed E-state index contributed by atoms with van der Waals surface area (Å²) in [6, 6.07) is 80.9. The van der Waals surface area contributed by atoms with Gasteiger partial charge in [-0.15, -0.1) is 0 Å². The lowest BCUT2D eigenvalue weighted by atomic mass is 9.97. The van der Waals surface area contributed by atoms with E-state index in [-0.39, 0.29) is 0 Å². The molecule has 0 fully saturated rings. The van der Waals surface area contributed by atoms with Gasteiger partial charge in [-0.25, -0.2) is 0 Å². The average Bonchev–Trinajstić information content (AvgIpc) is 4.06. The van der Waals surface area contributed by atoms with Gasteiger partial charge in [0.25, 0.3) is 0 Å². The first kappa shape index (κ1) is 36.1. The maximum atomic E-state index is 7.12. The van der Waals surface area contributed by atoms with Crippen molar-refractivity contribution in [3.63, 3.8) is 0 Å². The SMILES string of the molecule is c1cc(-c2ccc3c(c2)Oc2ccccc2[Si]3(c2cccc(-n3c4ccccc4c4ccccc43)c2)c2cccc3c2oc2ccccc23)cc(-c2cccc3c2oc2ccccc23)c1. The summed E-state index contributed by atoms with van der Waals surface area (Å²) in [5.41, 5.74) is 11.4. The molecule has 0 saturated carbocycles. The molecule has 0 N–H and O–H groups in total. The van der Waals surface area contributed by atoms with Crippen LogP contribution in [0.4, 0.5) is 0 Å². The standard InChI is InChI=1S/C60H37NO3Si/c1-5-26-50-44(19-1)45-20-2-6-27-51(45)61(50)41-17-12-18-42(37-41)65(58-32-14-25-49-47-22-4-8-29-53(47)64-60(49)58)56-31-10-9-30-54(56)62-55-36-39(33-34-57(55)65)38-15-11-16-40(35-38)43-23-13-24-48-46-21-3-7-28-52(46)63-59(43)48/h1-37H. The fraction of sp³-hybridized carbons (Fsp3) is 0. The van der Waals surface area contributed by atoms with Gasteiger partial charge in [0.1, 0.15) is 33.8 Å². The maximum Gasteiger partial charge on any atom is 0.192 e. The Hall–Kier alpha value is -8.38. The van der Waals surface area contributed by atoms with Crippen LogP contribution in [0, 0.1) is 0 Å². The van der Waals surface area contributed by atoms with Crippen molar-refractivity contribution in [2.45, 2.75) is 0 Å². The predicted molar refractivity (Wildman–Crippen MR) is 270 cm³/mol. The first-order chi connectivity index (χ1) is 32.2. The molecule has 65 heavy (non-hydrogen) atoms. The first-order valence-electron chi connectivity index (χ1n) is 22.2. The highest BCUT2D eigenvalue weighted by Crippen LogP contribution is 2.40. The zero-order valence-corrected chi connectivity index (χ0v) is 36.0. The molecule has 1 aliphatic rings. The Morgan fingerprint density at radius 2 is 0.892 bits per heavy atom. The van der Waals surface area contributed by atoms with E-state index >= 15 is 0 Å². The molecule has 14 rings (SSSR count). The highest BCUT2D eigenvalue weighted by Gasteiger charge is 2.50. The summed E-state index contributed by atoms with van der Waals surface area (Å²) in [5.74, 6) is 1.72. The molecular weight excluding hydrogens is 811 g/mol. The van der Waals surface area contributed by atoms with Gasteiger partial charge in [0.2, 0.25) is 0 Å². The molecule has 13 aromatic rings. The van der Waals surface area contributed by atoms with Gasteiger partial charge in [-0.1, -0.05) is 170 Å². The topological polar surface area (TPSA) is 40.4 Å². The Kier molecular flexibility index (Phi) is 7.68. The molecule has 0 amide bonds. The van der Waals surface area contributed by atoms with E-state index in [4.69, 9.17) is 13.6 Å². The number of benzene rings is 10. The average molecular weight is 848 g/mol. The summed E-state index contributed by atoms with van der Waals surface area (Å²) < 4.78 is 23.0. The van der Waals surface area contributed by atoms with E-state index in [1.165, 1.54) is 42.6 Å². The van der Waals surface area contributed by atoms with Gasteiger partial charge in [-0.05, 0) is 92.0 Å². The molecule has 5 heteroatoms. The molecule has 0 bridgehead atoms. The van der Waals surface area contributed by atoms with Crippen molar-refractivity contribution >= 4 is 94.5 Å². The van der Waals surface area contributed by atoms with Crippen LogP contribution in [0.15, 0.2) is 233 Å². The smallest absolute Gasteiger partial charge is 0.192 e. The number of para-hydroxylation sites is 7. The summed E-state index contributed by atoms with van der Waals surface area (Å²) in [6.07, 6.45) is 0. The molecule has 0 saturated heterocycles. The van der Waals surface area contributed by atoms with Crippen LogP contribution in [0.1, 0.15) is 0 Å². The predicted octanol–water partition coefficient (Wildman–Crippen LogP) is 13.4. The number of furan rings is 2. The summed E-state index contributed by atoms with van der Waals surface area (Å²) in [5, 5.41) is 11.7. The molecule has 1 aliphatic heterocycles. The Bertz CT molecular complexity index is 4020. The zero-order valence-electron chi connectivity index (χ0n) is 35.0. The lowest BCUT2D eigenvalue weighted by Gasteiger charge is -2.39. The van der Waals surface area contributed by atoms with Crippen molar-refractivity contribution in [1.29, 1.82) is 0 Å². The minimum atomic E-state index is -3.26. The number of hydrogen-bond acceptors (Lipinski definition) is 3. The molecule has 304 valence electrons. The van der Waals surface area contributed by atoms with Crippen LogP contribution in [0.2, 0.25) is 0 Å². The van der Waals surface area contributed by atoms with Crippen molar-refractivity contribution < 1.29 is 13.6 Å². The number of fused-ring (bicyclic) bond motifs is 11. The van der Waals surface area contributed by atoms with Crippen LogP contribution in [0.3, 0.4) is 0 Å². The van der Waals surface area contributed by atoms with Crippen LogP contribution in [0.25, 0.3) is 93.6 Å². The molecule has 1 unspecified atom stereocenters.